The van der Waals surface area contributed by atoms with Gasteiger partial charge >= 0.3 is 0 Å². The first-order chi connectivity index (χ1) is 14.5. The Kier molecular flexibility index (Phi) is 5.16. The lowest BCUT2D eigenvalue weighted by Gasteiger charge is -2.12. The molecule has 8 heteroatoms. The van der Waals surface area contributed by atoms with Crippen LogP contribution in [0.1, 0.15) is 15.9 Å². The van der Waals surface area contributed by atoms with Gasteiger partial charge in [-0.25, -0.2) is 4.98 Å². The first-order valence-corrected chi connectivity index (χ1v) is 9.88. The summed E-state index contributed by atoms with van der Waals surface area (Å²) >= 11 is 1.55. The highest BCUT2D eigenvalue weighted by Gasteiger charge is 2.17. The molecule has 7 nitrogen and oxygen atoms in total. The molecule has 1 heterocycles. The smallest absolute Gasteiger partial charge is 0.273 e. The number of rotatable bonds is 5. The number of para-hydroxylation sites is 1. The van der Waals surface area contributed by atoms with E-state index in [9.17, 15) is 14.9 Å². The molecule has 3 aromatic carbocycles. The Morgan fingerprint density at radius 1 is 1.13 bits per heavy atom. The molecule has 0 radical (unpaired) electrons. The Bertz CT molecular complexity index is 1250. The van der Waals surface area contributed by atoms with Crippen LogP contribution in [0.4, 0.5) is 11.4 Å². The van der Waals surface area contributed by atoms with Gasteiger partial charge in [-0.3, -0.25) is 14.9 Å². The number of nitrogens with one attached hydrogen (secondary N) is 1. The molecule has 0 aliphatic rings. The van der Waals surface area contributed by atoms with E-state index in [1.807, 2.05) is 30.3 Å². The second-order valence-corrected chi connectivity index (χ2v) is 7.64. The summed E-state index contributed by atoms with van der Waals surface area (Å²) < 4.78 is 6.44. The molecular weight excluding hydrogens is 402 g/mol. The van der Waals surface area contributed by atoms with E-state index in [-0.39, 0.29) is 11.3 Å². The zero-order valence-corrected chi connectivity index (χ0v) is 17.0. The number of nitro groups is 1. The van der Waals surface area contributed by atoms with Gasteiger partial charge in [0, 0.05) is 22.8 Å². The van der Waals surface area contributed by atoms with Crippen molar-refractivity contribution in [2.75, 3.05) is 12.4 Å². The van der Waals surface area contributed by atoms with Gasteiger partial charge in [0.1, 0.15) is 10.8 Å². The largest absolute Gasteiger partial charge is 0.495 e. The maximum atomic E-state index is 12.8. The van der Waals surface area contributed by atoms with Crippen LogP contribution in [0, 0.1) is 17.0 Å². The summed E-state index contributed by atoms with van der Waals surface area (Å²) in [4.78, 5) is 28.1. The molecule has 0 atom stereocenters. The lowest BCUT2D eigenvalue weighted by molar-refractivity contribution is -0.385. The number of nitrogens with zero attached hydrogens (tertiary/aromatic N) is 2. The first-order valence-electron chi connectivity index (χ1n) is 9.06. The lowest BCUT2D eigenvalue weighted by atomic mass is 10.1. The van der Waals surface area contributed by atoms with Crippen molar-refractivity contribution in [3.8, 4) is 16.3 Å². The molecule has 0 fully saturated rings. The average molecular weight is 419 g/mol. The number of hydrogen-bond acceptors (Lipinski definition) is 6. The molecule has 4 rings (SSSR count). The van der Waals surface area contributed by atoms with Gasteiger partial charge in [0.05, 0.1) is 27.9 Å². The SMILES string of the molecule is COc1ccc(-c2nc3ccccc3s2)cc1NC(=O)c1ccc(C)c([N+](=O)[O-])c1. The van der Waals surface area contributed by atoms with E-state index in [2.05, 4.69) is 10.3 Å². The minimum atomic E-state index is -0.500. The standard InChI is InChI=1S/C22H17N3O4S/c1-13-7-8-14(12-18(13)25(27)28)21(26)23-17-11-15(9-10-19(17)29-2)22-24-16-5-3-4-6-20(16)30-22/h3-12H,1-2H3,(H,23,26). The van der Waals surface area contributed by atoms with Gasteiger partial charge in [-0.15, -0.1) is 11.3 Å². The van der Waals surface area contributed by atoms with E-state index in [0.717, 1.165) is 20.8 Å². The summed E-state index contributed by atoms with van der Waals surface area (Å²) in [5.74, 6) is 0.0210. The maximum absolute atomic E-state index is 12.8. The highest BCUT2D eigenvalue weighted by Crippen LogP contribution is 2.35. The van der Waals surface area contributed by atoms with Gasteiger partial charge in [0.2, 0.25) is 0 Å². The van der Waals surface area contributed by atoms with Crippen molar-refractivity contribution in [1.82, 2.24) is 4.98 Å². The molecule has 0 spiro atoms. The van der Waals surface area contributed by atoms with Crippen LogP contribution in [0.5, 0.6) is 5.75 Å². The van der Waals surface area contributed by atoms with Crippen molar-refractivity contribution in [3.05, 3.63) is 81.9 Å². The summed E-state index contributed by atoms with van der Waals surface area (Å²) in [6.45, 7) is 1.63. The molecule has 0 aliphatic heterocycles. The molecule has 150 valence electrons. The van der Waals surface area contributed by atoms with Gasteiger partial charge in [-0.2, -0.15) is 0 Å². The van der Waals surface area contributed by atoms with Gasteiger partial charge in [0.15, 0.2) is 0 Å². The van der Waals surface area contributed by atoms with Gasteiger partial charge in [-0.1, -0.05) is 18.2 Å². The number of aromatic nitrogens is 1. The van der Waals surface area contributed by atoms with E-state index >= 15 is 0 Å². The summed E-state index contributed by atoms with van der Waals surface area (Å²) in [7, 11) is 1.51. The highest BCUT2D eigenvalue weighted by atomic mass is 32.1. The number of hydrogen-bond donors (Lipinski definition) is 1. The molecule has 1 aromatic heterocycles. The Morgan fingerprint density at radius 3 is 2.67 bits per heavy atom. The van der Waals surface area contributed by atoms with E-state index in [1.165, 1.54) is 13.2 Å². The Hall–Kier alpha value is -3.78. The first kappa shape index (κ1) is 19.5. The lowest BCUT2D eigenvalue weighted by Crippen LogP contribution is -2.13. The van der Waals surface area contributed by atoms with E-state index in [0.29, 0.717) is 17.0 Å². The summed E-state index contributed by atoms with van der Waals surface area (Å²) in [5, 5.41) is 14.8. The molecule has 0 aliphatic carbocycles. The van der Waals surface area contributed by atoms with Crippen molar-refractivity contribution in [1.29, 1.82) is 0 Å². The third-order valence-corrected chi connectivity index (χ3v) is 5.74. The number of ether oxygens (including phenoxy) is 1. The molecule has 1 amide bonds. The molecular formula is C22H17N3O4S. The number of anilines is 1. The number of carbonyl (C=O) groups is 1. The summed E-state index contributed by atoms with van der Waals surface area (Å²) in [5.41, 5.74) is 2.79. The minimum absolute atomic E-state index is 0.0992. The second kappa shape index (κ2) is 7.92. The number of thiazole rings is 1. The van der Waals surface area contributed by atoms with Crippen LogP contribution in [-0.2, 0) is 0 Å². The number of amides is 1. The number of nitro benzene ring substituents is 1. The number of benzene rings is 3. The molecule has 0 bridgehead atoms. The highest BCUT2D eigenvalue weighted by molar-refractivity contribution is 7.21. The summed E-state index contributed by atoms with van der Waals surface area (Å²) in [6, 6.07) is 17.7. The zero-order valence-electron chi connectivity index (χ0n) is 16.2. The number of aryl methyl sites for hydroxylation is 1. The number of fused-ring (bicyclic) bond motifs is 1. The van der Waals surface area contributed by atoms with Crippen molar-refractivity contribution in [2.24, 2.45) is 0 Å². The van der Waals surface area contributed by atoms with Crippen molar-refractivity contribution >= 4 is 38.8 Å². The van der Waals surface area contributed by atoms with E-state index in [1.54, 1.807) is 42.5 Å². The average Bonchev–Trinajstić information content (AvgIpc) is 3.18. The van der Waals surface area contributed by atoms with Gasteiger partial charge in [-0.05, 0) is 43.3 Å². The third kappa shape index (κ3) is 3.72. The van der Waals surface area contributed by atoms with Crippen LogP contribution in [-0.4, -0.2) is 22.9 Å². The predicted molar refractivity (Wildman–Crippen MR) is 117 cm³/mol. The van der Waals surface area contributed by atoms with Gasteiger partial charge in [0.25, 0.3) is 11.6 Å². The molecule has 30 heavy (non-hydrogen) atoms. The molecule has 0 saturated carbocycles. The van der Waals surface area contributed by atoms with Crippen molar-refractivity contribution < 1.29 is 14.5 Å². The Balaban J connectivity index is 1.68. The molecule has 0 unspecified atom stereocenters. The fraction of sp³-hybridized carbons (Fsp3) is 0.0909. The van der Waals surface area contributed by atoms with Gasteiger partial charge < -0.3 is 10.1 Å². The zero-order chi connectivity index (χ0) is 21.3. The third-order valence-electron chi connectivity index (χ3n) is 4.66. The van der Waals surface area contributed by atoms with Crippen LogP contribution in [0.15, 0.2) is 60.7 Å². The molecule has 1 N–H and O–H groups in total. The predicted octanol–water partition coefficient (Wildman–Crippen LogP) is 5.44. The van der Waals surface area contributed by atoms with E-state index < -0.39 is 10.8 Å². The maximum Gasteiger partial charge on any atom is 0.273 e. The Morgan fingerprint density at radius 2 is 1.93 bits per heavy atom. The fourth-order valence-corrected chi connectivity index (χ4v) is 4.04. The van der Waals surface area contributed by atoms with Crippen LogP contribution >= 0.6 is 11.3 Å². The van der Waals surface area contributed by atoms with Crippen LogP contribution < -0.4 is 10.1 Å². The van der Waals surface area contributed by atoms with Crippen LogP contribution in [0.3, 0.4) is 0 Å². The minimum Gasteiger partial charge on any atom is -0.495 e. The van der Waals surface area contributed by atoms with Crippen LogP contribution in [0.25, 0.3) is 20.8 Å². The quantitative estimate of drug-likeness (QED) is 0.343. The summed E-state index contributed by atoms with van der Waals surface area (Å²) in [6.07, 6.45) is 0. The number of methoxy groups -OCH3 is 1. The number of carbonyl (C=O) groups excluding carboxylic acids is 1. The second-order valence-electron chi connectivity index (χ2n) is 6.61. The van der Waals surface area contributed by atoms with Crippen molar-refractivity contribution in [3.63, 3.8) is 0 Å². The van der Waals surface area contributed by atoms with E-state index in [4.69, 9.17) is 4.74 Å². The normalized spacial score (nSPS) is 10.7. The molecule has 0 saturated heterocycles. The topological polar surface area (TPSA) is 94.4 Å². The monoisotopic (exact) mass is 419 g/mol. The Labute approximate surface area is 176 Å². The van der Waals surface area contributed by atoms with Crippen LogP contribution in [0.2, 0.25) is 0 Å². The van der Waals surface area contributed by atoms with Crippen molar-refractivity contribution in [2.45, 2.75) is 6.92 Å². The fourth-order valence-electron chi connectivity index (χ4n) is 3.08. The molecule has 4 aromatic rings.